The van der Waals surface area contributed by atoms with Crippen LogP contribution in [-0.4, -0.2) is 71.1 Å². The van der Waals surface area contributed by atoms with Gasteiger partial charge in [0.25, 0.3) is 0 Å². The van der Waals surface area contributed by atoms with E-state index in [1.807, 2.05) is 44.3 Å². The first-order valence-electron chi connectivity index (χ1n) is 25.4. The number of aryl methyl sites for hydroxylation is 2. The molecule has 1 atom stereocenters. The Morgan fingerprint density at radius 1 is 0.789 bits per heavy atom. The van der Waals surface area contributed by atoms with E-state index < -0.39 is 15.7 Å². The van der Waals surface area contributed by atoms with Crippen molar-refractivity contribution in [3.05, 3.63) is 153 Å². The summed E-state index contributed by atoms with van der Waals surface area (Å²) in [5.41, 5.74) is 17.7. The SMILES string of the molecule is CCCc1ccc(-c2cc(Nc3cccc4c3CCN(S(C)(=O)=O)C4)cc(CN(C)Cc3cc4c(c(Nc5ccc(C)c(-c6ccc(C#N)cn6)c5)c3)CCN(CCC(F)(CCC)C(C)C)C4)c2C)nc1. The molecule has 372 valence electrons. The summed E-state index contributed by atoms with van der Waals surface area (Å²) in [6.07, 6.45) is 10.4. The summed E-state index contributed by atoms with van der Waals surface area (Å²) >= 11 is 0. The Hall–Kier alpha value is -5.97. The van der Waals surface area contributed by atoms with E-state index in [1.54, 1.807) is 10.5 Å². The average Bonchev–Trinajstić information content (AvgIpc) is 3.35. The molecule has 0 aliphatic carbocycles. The molecule has 71 heavy (non-hydrogen) atoms. The molecule has 0 amide bonds. The summed E-state index contributed by atoms with van der Waals surface area (Å²) in [5.74, 6) is -0.0333. The minimum Gasteiger partial charge on any atom is -0.355 e. The quantitative estimate of drug-likeness (QED) is 0.0818. The predicted octanol–water partition coefficient (Wildman–Crippen LogP) is 12.6. The van der Waals surface area contributed by atoms with E-state index in [-0.39, 0.29) is 5.92 Å². The van der Waals surface area contributed by atoms with Gasteiger partial charge in [0.05, 0.1) is 23.2 Å². The smallest absolute Gasteiger partial charge is 0.211 e. The maximum absolute atomic E-state index is 16.2. The van der Waals surface area contributed by atoms with Crippen LogP contribution in [0.1, 0.15) is 109 Å². The van der Waals surface area contributed by atoms with Gasteiger partial charge in [0.1, 0.15) is 11.7 Å². The number of hydrogen-bond acceptors (Lipinski definition) is 9. The predicted molar refractivity (Wildman–Crippen MR) is 288 cm³/mol. The molecule has 0 fully saturated rings. The van der Waals surface area contributed by atoms with E-state index in [0.717, 1.165) is 101 Å². The number of anilines is 4. The third-order valence-corrected chi connectivity index (χ3v) is 16.0. The number of hydrogen-bond donors (Lipinski definition) is 2. The normalized spacial score (nSPS) is 15.0. The third-order valence-electron chi connectivity index (χ3n) is 14.7. The highest BCUT2D eigenvalue weighted by Crippen LogP contribution is 2.38. The van der Waals surface area contributed by atoms with Crippen molar-refractivity contribution in [2.24, 2.45) is 5.92 Å². The number of fused-ring (bicyclic) bond motifs is 2. The molecular weight excluding hydrogens is 904 g/mol. The lowest BCUT2D eigenvalue weighted by Gasteiger charge is -2.35. The number of benzene rings is 4. The number of nitrogens with zero attached hydrogens (tertiary/aromatic N) is 6. The van der Waals surface area contributed by atoms with Gasteiger partial charge in [-0.25, -0.2) is 12.8 Å². The van der Waals surface area contributed by atoms with Crippen molar-refractivity contribution in [2.45, 2.75) is 118 Å². The monoisotopic (exact) mass is 975 g/mol. The lowest BCUT2D eigenvalue weighted by Crippen LogP contribution is -2.38. The first-order valence-corrected chi connectivity index (χ1v) is 27.3. The van der Waals surface area contributed by atoms with E-state index in [4.69, 9.17) is 4.98 Å². The number of pyridine rings is 2. The summed E-state index contributed by atoms with van der Waals surface area (Å²) in [6, 6.07) is 31.8. The Labute approximate surface area is 422 Å². The zero-order valence-corrected chi connectivity index (χ0v) is 43.8. The number of nitriles is 1. The zero-order chi connectivity index (χ0) is 50.5. The average molecular weight is 975 g/mol. The number of sulfonamides is 1. The van der Waals surface area contributed by atoms with Crippen molar-refractivity contribution in [3.63, 3.8) is 0 Å². The van der Waals surface area contributed by atoms with Gasteiger partial charge in [-0.1, -0.05) is 70.9 Å². The van der Waals surface area contributed by atoms with Crippen LogP contribution in [0.3, 0.4) is 0 Å². The first kappa shape index (κ1) is 51.4. The molecule has 2 aliphatic heterocycles. The molecule has 0 spiro atoms. The second-order valence-corrected chi connectivity index (χ2v) is 22.4. The minimum absolute atomic E-state index is 0.0333. The Kier molecular flexibility index (Phi) is 16.1. The maximum atomic E-state index is 16.2. The highest BCUT2D eigenvalue weighted by Gasteiger charge is 2.34. The van der Waals surface area contributed by atoms with Gasteiger partial charge >= 0.3 is 0 Å². The number of alkyl halides is 1. The van der Waals surface area contributed by atoms with Crippen molar-refractivity contribution in [3.8, 4) is 28.6 Å². The summed E-state index contributed by atoms with van der Waals surface area (Å²) < 4.78 is 42.8. The fourth-order valence-electron chi connectivity index (χ4n) is 10.5. The number of rotatable bonds is 19. The lowest BCUT2D eigenvalue weighted by atomic mass is 9.84. The molecule has 8 rings (SSSR count). The molecule has 1 unspecified atom stereocenters. The topological polar surface area (TPSA) is 117 Å². The fraction of sp³-hybridized carbons (Fsp3) is 0.407. The molecule has 10 nitrogen and oxygen atoms in total. The van der Waals surface area contributed by atoms with E-state index in [2.05, 4.69) is 127 Å². The Morgan fingerprint density at radius 3 is 2.23 bits per heavy atom. The molecule has 0 radical (unpaired) electrons. The van der Waals surface area contributed by atoms with Crippen LogP contribution in [0.4, 0.5) is 27.1 Å². The van der Waals surface area contributed by atoms with Crippen LogP contribution in [0.15, 0.2) is 97.3 Å². The van der Waals surface area contributed by atoms with Crippen molar-refractivity contribution in [1.82, 2.24) is 24.1 Å². The van der Waals surface area contributed by atoms with Crippen LogP contribution >= 0.6 is 0 Å². The van der Waals surface area contributed by atoms with Gasteiger partial charge in [-0.05, 0) is 164 Å². The van der Waals surface area contributed by atoms with E-state index in [9.17, 15) is 13.7 Å². The van der Waals surface area contributed by atoms with Crippen molar-refractivity contribution in [1.29, 1.82) is 5.26 Å². The molecule has 2 aliphatic rings. The van der Waals surface area contributed by atoms with Gasteiger partial charge in [0, 0.05) is 92.1 Å². The van der Waals surface area contributed by atoms with Gasteiger partial charge < -0.3 is 10.6 Å². The summed E-state index contributed by atoms with van der Waals surface area (Å²) in [7, 11) is -1.13. The summed E-state index contributed by atoms with van der Waals surface area (Å²) in [6.45, 7) is 17.1. The summed E-state index contributed by atoms with van der Waals surface area (Å²) in [5, 5.41) is 17.0. The lowest BCUT2D eigenvalue weighted by molar-refractivity contribution is 0.0604. The van der Waals surface area contributed by atoms with Gasteiger partial charge in [0.2, 0.25) is 10.0 Å². The number of halogens is 1. The second-order valence-electron chi connectivity index (χ2n) is 20.4. The van der Waals surface area contributed by atoms with Gasteiger partial charge in [-0.2, -0.15) is 9.57 Å². The molecule has 4 heterocycles. The Morgan fingerprint density at radius 2 is 1.52 bits per heavy atom. The van der Waals surface area contributed by atoms with E-state index in [1.165, 1.54) is 39.6 Å². The van der Waals surface area contributed by atoms with Gasteiger partial charge in [0.15, 0.2) is 0 Å². The first-order chi connectivity index (χ1) is 34.0. The summed E-state index contributed by atoms with van der Waals surface area (Å²) in [4.78, 5) is 14.4. The highest BCUT2D eigenvalue weighted by molar-refractivity contribution is 7.88. The van der Waals surface area contributed by atoms with Crippen LogP contribution in [-0.2, 0) is 55.5 Å². The van der Waals surface area contributed by atoms with Crippen LogP contribution < -0.4 is 10.6 Å². The molecule has 0 saturated carbocycles. The zero-order valence-electron chi connectivity index (χ0n) is 43.0. The van der Waals surface area contributed by atoms with Crippen LogP contribution in [0.5, 0.6) is 0 Å². The molecule has 0 bridgehead atoms. The van der Waals surface area contributed by atoms with Crippen molar-refractivity contribution >= 4 is 32.8 Å². The van der Waals surface area contributed by atoms with E-state index >= 15 is 4.39 Å². The van der Waals surface area contributed by atoms with E-state index in [0.29, 0.717) is 57.5 Å². The molecule has 6 aromatic rings. The maximum Gasteiger partial charge on any atom is 0.211 e. The van der Waals surface area contributed by atoms with Gasteiger partial charge in [-0.3, -0.25) is 19.8 Å². The Balaban J connectivity index is 1.11. The highest BCUT2D eigenvalue weighted by atomic mass is 32.2. The molecular formula is C59H71FN8O2S. The second kappa shape index (κ2) is 22.2. The number of aromatic nitrogens is 2. The largest absolute Gasteiger partial charge is 0.355 e. The number of nitrogens with one attached hydrogen (secondary N) is 2. The molecule has 12 heteroatoms. The fourth-order valence-corrected chi connectivity index (χ4v) is 11.3. The molecule has 2 aromatic heterocycles. The van der Waals surface area contributed by atoms with Crippen molar-refractivity contribution < 1.29 is 12.8 Å². The standard InChI is InChI=1S/C59H71FN8O2S/c1-9-12-43-16-19-56(62-34-43)54-32-50(65-57-14-11-13-46-39-68(71(8,69)70)26-22-51(46)57)30-47(42(54)6)37-66(7)36-45-28-48-38-67(27-24-59(60,23-10-2)40(3)4)25-21-52(48)58(29-45)64-49-18-15-41(5)53(31-49)55-20-17-44(33-61)35-63-55/h11,13-20,28-32,34-35,40,64-65H,9-10,12,21-27,36-39H2,1-8H3. The Bertz CT molecular complexity index is 3010. The van der Waals surface area contributed by atoms with Crippen LogP contribution in [0, 0.1) is 31.1 Å². The molecule has 0 saturated heterocycles. The molecule has 4 aromatic carbocycles. The van der Waals surface area contributed by atoms with Gasteiger partial charge in [-0.15, -0.1) is 0 Å². The third kappa shape index (κ3) is 12.2. The van der Waals surface area contributed by atoms with Crippen molar-refractivity contribution in [2.75, 3.05) is 43.6 Å². The van der Waals surface area contributed by atoms with Crippen LogP contribution in [0.25, 0.3) is 22.5 Å². The van der Waals surface area contributed by atoms with Crippen LogP contribution in [0.2, 0.25) is 0 Å². The minimum atomic E-state index is -3.31. The molecule has 2 N–H and O–H groups in total.